The molecule has 3 aromatic carbocycles. The smallest absolute Gasteiger partial charge is 0.301 e. The molecule has 38 heavy (non-hydrogen) atoms. The highest BCUT2D eigenvalue weighted by Crippen LogP contribution is 2.48. The van der Waals surface area contributed by atoms with Crippen LogP contribution in [0.15, 0.2) is 60.2 Å². The summed E-state index contributed by atoms with van der Waals surface area (Å²) < 4.78 is 17.4. The highest BCUT2D eigenvalue weighted by molar-refractivity contribution is 7.22. The van der Waals surface area contributed by atoms with Gasteiger partial charge in [0.15, 0.2) is 16.6 Å². The second kappa shape index (κ2) is 9.83. The molecule has 5 rings (SSSR count). The summed E-state index contributed by atoms with van der Waals surface area (Å²) in [6, 6.07) is 14.9. The van der Waals surface area contributed by atoms with Gasteiger partial charge in [0.25, 0.3) is 5.78 Å². The standard InChI is InChI=1S/C29H26N2O6S/c1-15-12-16(2)23-21(13-15)38-29(30-23)31-24(19-10-7-11-20(36-4)27(19)37-5)22(26(33)28(31)34)25(32)17-8-6-9-18(14-17)35-3/h6-14,24,32H,1-5H3/t24-/m1/s1. The van der Waals surface area contributed by atoms with Crippen LogP contribution in [0.1, 0.15) is 28.3 Å². The molecular formula is C29H26N2O6S. The molecule has 1 N–H and O–H groups in total. The van der Waals surface area contributed by atoms with Gasteiger partial charge in [-0.05, 0) is 49.2 Å². The zero-order valence-corrected chi connectivity index (χ0v) is 22.4. The van der Waals surface area contributed by atoms with Crippen molar-refractivity contribution in [2.45, 2.75) is 19.9 Å². The average molecular weight is 531 g/mol. The van der Waals surface area contributed by atoms with Crippen molar-refractivity contribution < 1.29 is 28.9 Å². The predicted molar refractivity (Wildman–Crippen MR) is 146 cm³/mol. The monoisotopic (exact) mass is 530 g/mol. The number of hydrogen-bond acceptors (Lipinski definition) is 8. The molecule has 1 amide bonds. The van der Waals surface area contributed by atoms with Crippen molar-refractivity contribution in [3.63, 3.8) is 0 Å². The summed E-state index contributed by atoms with van der Waals surface area (Å²) in [4.78, 5) is 33.3. The maximum Gasteiger partial charge on any atom is 0.301 e. The van der Waals surface area contributed by atoms with Crippen LogP contribution in [0.2, 0.25) is 0 Å². The van der Waals surface area contributed by atoms with E-state index < -0.39 is 17.7 Å². The molecule has 0 bridgehead atoms. The van der Waals surface area contributed by atoms with Gasteiger partial charge in [-0.2, -0.15) is 0 Å². The molecule has 1 fully saturated rings. The van der Waals surface area contributed by atoms with Crippen LogP contribution in [0.3, 0.4) is 0 Å². The molecule has 1 saturated heterocycles. The lowest BCUT2D eigenvalue weighted by atomic mass is 9.94. The van der Waals surface area contributed by atoms with Crippen molar-refractivity contribution in [2.75, 3.05) is 26.2 Å². The number of anilines is 1. The molecule has 9 heteroatoms. The number of benzene rings is 3. The Morgan fingerprint density at radius 2 is 1.74 bits per heavy atom. The highest BCUT2D eigenvalue weighted by atomic mass is 32.1. The Balaban J connectivity index is 1.80. The van der Waals surface area contributed by atoms with E-state index in [4.69, 9.17) is 19.2 Å². The van der Waals surface area contributed by atoms with Crippen LogP contribution in [0.5, 0.6) is 17.2 Å². The Labute approximate surface area is 223 Å². The SMILES string of the molecule is COc1cccc(C(O)=C2C(=O)C(=O)N(c3nc4c(C)cc(C)cc4s3)[C@@H]2c2cccc(OC)c2OC)c1. The fourth-order valence-corrected chi connectivity index (χ4v) is 6.01. The first-order valence-corrected chi connectivity index (χ1v) is 12.6. The van der Waals surface area contributed by atoms with Gasteiger partial charge in [0, 0.05) is 11.1 Å². The van der Waals surface area contributed by atoms with E-state index in [1.165, 1.54) is 37.6 Å². The summed E-state index contributed by atoms with van der Waals surface area (Å²) >= 11 is 1.31. The van der Waals surface area contributed by atoms with E-state index in [0.29, 0.717) is 33.5 Å². The number of carbonyl (C=O) groups excluding carboxylic acids is 2. The molecular weight excluding hydrogens is 504 g/mol. The van der Waals surface area contributed by atoms with E-state index in [2.05, 4.69) is 0 Å². The molecule has 194 valence electrons. The third-order valence-electron chi connectivity index (χ3n) is 6.54. The Kier molecular flexibility index (Phi) is 6.54. The summed E-state index contributed by atoms with van der Waals surface area (Å²) in [5.41, 5.74) is 3.51. The zero-order valence-electron chi connectivity index (χ0n) is 21.6. The van der Waals surface area contributed by atoms with E-state index in [-0.39, 0.29) is 11.3 Å². The first-order chi connectivity index (χ1) is 18.3. The minimum absolute atomic E-state index is 0.0815. The fraction of sp³-hybridized carbons (Fsp3) is 0.207. The zero-order chi connectivity index (χ0) is 27.1. The lowest BCUT2D eigenvalue weighted by molar-refractivity contribution is -0.132. The van der Waals surface area contributed by atoms with Crippen LogP contribution >= 0.6 is 11.3 Å². The first-order valence-electron chi connectivity index (χ1n) is 11.8. The number of aromatic nitrogens is 1. The predicted octanol–water partition coefficient (Wildman–Crippen LogP) is 5.57. The number of nitrogens with zero attached hydrogens (tertiary/aromatic N) is 2. The van der Waals surface area contributed by atoms with Crippen molar-refractivity contribution in [3.8, 4) is 17.2 Å². The number of Topliss-reactive ketones (excluding diaryl/α,β-unsaturated/α-hetero) is 1. The van der Waals surface area contributed by atoms with E-state index in [1.807, 2.05) is 26.0 Å². The Morgan fingerprint density at radius 3 is 2.45 bits per heavy atom. The number of para-hydroxylation sites is 1. The molecule has 2 heterocycles. The Bertz CT molecular complexity index is 1620. The molecule has 8 nitrogen and oxygen atoms in total. The van der Waals surface area contributed by atoms with Gasteiger partial charge in [0.1, 0.15) is 17.6 Å². The number of thiazole rings is 1. The molecule has 0 saturated carbocycles. The van der Waals surface area contributed by atoms with Gasteiger partial charge in [0.2, 0.25) is 0 Å². The number of fused-ring (bicyclic) bond motifs is 1. The van der Waals surface area contributed by atoms with Crippen molar-refractivity contribution >= 4 is 44.1 Å². The summed E-state index contributed by atoms with van der Waals surface area (Å²) in [7, 11) is 4.50. The number of aliphatic hydroxyl groups is 1. The summed E-state index contributed by atoms with van der Waals surface area (Å²) in [5.74, 6) is -0.682. The number of ketones is 1. The van der Waals surface area contributed by atoms with Gasteiger partial charge in [-0.15, -0.1) is 0 Å². The number of hydrogen-bond donors (Lipinski definition) is 1. The van der Waals surface area contributed by atoms with Gasteiger partial charge in [-0.25, -0.2) is 4.98 Å². The van der Waals surface area contributed by atoms with E-state index in [9.17, 15) is 14.7 Å². The minimum atomic E-state index is -1.02. The lowest BCUT2D eigenvalue weighted by Gasteiger charge is -2.25. The molecule has 0 aliphatic carbocycles. The molecule has 1 atom stereocenters. The summed E-state index contributed by atoms with van der Waals surface area (Å²) in [6.07, 6.45) is 0. The van der Waals surface area contributed by atoms with Crippen LogP contribution in [0.25, 0.3) is 16.0 Å². The topological polar surface area (TPSA) is 98.2 Å². The van der Waals surface area contributed by atoms with Crippen molar-refractivity contribution in [1.29, 1.82) is 0 Å². The summed E-state index contributed by atoms with van der Waals surface area (Å²) in [6.45, 7) is 3.95. The van der Waals surface area contributed by atoms with Crippen LogP contribution < -0.4 is 19.1 Å². The van der Waals surface area contributed by atoms with E-state index in [1.54, 1.807) is 42.5 Å². The third kappa shape index (κ3) is 4.05. The molecule has 0 radical (unpaired) electrons. The lowest BCUT2D eigenvalue weighted by Crippen LogP contribution is -2.29. The average Bonchev–Trinajstić information content (AvgIpc) is 3.46. The minimum Gasteiger partial charge on any atom is -0.507 e. The molecule has 1 aromatic heterocycles. The van der Waals surface area contributed by atoms with Crippen molar-refractivity contribution in [1.82, 2.24) is 4.98 Å². The number of amides is 1. The number of rotatable bonds is 6. The van der Waals surface area contributed by atoms with Gasteiger partial charge in [-0.3, -0.25) is 14.5 Å². The van der Waals surface area contributed by atoms with Crippen LogP contribution in [0.4, 0.5) is 5.13 Å². The molecule has 0 unspecified atom stereocenters. The first kappa shape index (κ1) is 25.3. The molecule has 1 aliphatic rings. The van der Waals surface area contributed by atoms with E-state index >= 15 is 0 Å². The summed E-state index contributed by atoms with van der Waals surface area (Å²) in [5, 5.41) is 11.8. The molecule has 4 aromatic rings. The Morgan fingerprint density at radius 1 is 0.974 bits per heavy atom. The van der Waals surface area contributed by atoms with E-state index in [0.717, 1.165) is 21.3 Å². The number of ether oxygens (including phenoxy) is 3. The Hall–Kier alpha value is -4.37. The van der Waals surface area contributed by atoms with Crippen molar-refractivity contribution in [2.24, 2.45) is 0 Å². The van der Waals surface area contributed by atoms with Crippen LogP contribution in [0, 0.1) is 13.8 Å². The maximum absolute atomic E-state index is 13.6. The van der Waals surface area contributed by atoms with Gasteiger partial charge in [-0.1, -0.05) is 41.7 Å². The number of aryl methyl sites for hydroxylation is 2. The highest BCUT2D eigenvalue weighted by Gasteiger charge is 2.49. The third-order valence-corrected chi connectivity index (χ3v) is 7.54. The molecule has 1 aliphatic heterocycles. The van der Waals surface area contributed by atoms with Crippen LogP contribution in [-0.2, 0) is 9.59 Å². The largest absolute Gasteiger partial charge is 0.507 e. The second-order valence-corrected chi connectivity index (χ2v) is 9.92. The quantitative estimate of drug-likeness (QED) is 0.198. The van der Waals surface area contributed by atoms with Gasteiger partial charge in [0.05, 0.1) is 37.1 Å². The number of carbonyl (C=O) groups is 2. The molecule has 0 spiro atoms. The van der Waals surface area contributed by atoms with Gasteiger partial charge >= 0.3 is 5.91 Å². The fourth-order valence-electron chi connectivity index (χ4n) is 4.84. The number of methoxy groups -OCH3 is 3. The maximum atomic E-state index is 13.6. The second-order valence-electron chi connectivity index (χ2n) is 8.91. The van der Waals surface area contributed by atoms with Crippen LogP contribution in [-0.4, -0.2) is 43.1 Å². The van der Waals surface area contributed by atoms with Crippen molar-refractivity contribution in [3.05, 3.63) is 82.4 Å². The normalized spacial score (nSPS) is 16.8. The number of aliphatic hydroxyl groups excluding tert-OH is 1. The van der Waals surface area contributed by atoms with Gasteiger partial charge < -0.3 is 19.3 Å².